The Morgan fingerprint density at radius 1 is 0.297 bits per heavy atom. The number of carboxylic acid groups (broad SMARTS) is 1. The lowest BCUT2D eigenvalue weighted by Crippen LogP contribution is -2.28. The van der Waals surface area contributed by atoms with Gasteiger partial charge in [0.25, 0.3) is 0 Å². The van der Waals surface area contributed by atoms with Gasteiger partial charge in [-0.1, -0.05) is 471 Å². The minimum Gasteiger partial charge on any atom is -0.481 e. The second kappa shape index (κ2) is 71.9. The number of carbonyl (C=O) groups is 2. The van der Waals surface area contributed by atoms with Gasteiger partial charge in [-0.25, -0.2) is 0 Å². The van der Waals surface area contributed by atoms with E-state index in [2.05, 4.69) is 27.7 Å². The van der Waals surface area contributed by atoms with Crippen LogP contribution in [-0.4, -0.2) is 28.1 Å². The van der Waals surface area contributed by atoms with Gasteiger partial charge < -0.3 is 10.2 Å². The van der Waals surface area contributed by atoms with Crippen molar-refractivity contribution in [3.05, 3.63) is 0 Å². The summed E-state index contributed by atoms with van der Waals surface area (Å²) < 4.78 is 0. The molecule has 1 aliphatic rings. The summed E-state index contributed by atoms with van der Waals surface area (Å²) in [6, 6.07) is 0. The Bertz CT molecular complexity index is 1430. The second-order valence-electron chi connectivity index (χ2n) is 31.5. The van der Waals surface area contributed by atoms with E-state index in [-0.39, 0.29) is 5.92 Å². The normalized spacial score (nSPS) is 15.4. The van der Waals surface area contributed by atoms with Gasteiger partial charge >= 0.3 is 5.97 Å². The van der Waals surface area contributed by atoms with Crippen molar-refractivity contribution in [2.75, 3.05) is 0 Å². The molecule has 1 aliphatic carbocycles. The van der Waals surface area contributed by atoms with Crippen molar-refractivity contribution in [3.8, 4) is 0 Å². The van der Waals surface area contributed by atoms with Gasteiger partial charge in [-0.2, -0.15) is 0 Å². The van der Waals surface area contributed by atoms with Crippen molar-refractivity contribution in [2.24, 2.45) is 29.6 Å². The lowest BCUT2D eigenvalue weighted by atomic mass is 9.91. The molecule has 1 fully saturated rings. The van der Waals surface area contributed by atoms with Gasteiger partial charge in [0.05, 0.1) is 12.0 Å². The summed E-state index contributed by atoms with van der Waals surface area (Å²) in [5.41, 5.74) is 0. The number of ketones is 1. The van der Waals surface area contributed by atoms with Crippen LogP contribution in [0.2, 0.25) is 0 Å². The van der Waals surface area contributed by atoms with E-state index in [1.54, 1.807) is 0 Å². The van der Waals surface area contributed by atoms with Crippen molar-refractivity contribution in [1.29, 1.82) is 0 Å². The highest BCUT2D eigenvalue weighted by Gasteiger charge is 2.39. The maximum absolute atomic E-state index is 12.7. The maximum atomic E-state index is 12.7. The Morgan fingerprint density at radius 2 is 0.527 bits per heavy atom. The molecular weight excluding hydrogens is 1110 g/mol. The van der Waals surface area contributed by atoms with Gasteiger partial charge in [0.15, 0.2) is 0 Å². The molecule has 1 saturated carbocycles. The first-order valence-electron chi connectivity index (χ1n) is 43.2. The first-order valence-corrected chi connectivity index (χ1v) is 43.2. The molecule has 0 spiro atoms. The Morgan fingerprint density at radius 3 is 0.813 bits per heavy atom. The zero-order chi connectivity index (χ0) is 65.7. The molecule has 6 atom stereocenters. The van der Waals surface area contributed by atoms with E-state index in [0.717, 1.165) is 62.7 Å². The largest absolute Gasteiger partial charge is 0.481 e. The molecule has 0 aromatic heterocycles. The van der Waals surface area contributed by atoms with Crippen LogP contribution < -0.4 is 0 Å². The molecule has 4 nitrogen and oxygen atoms in total. The van der Waals surface area contributed by atoms with Crippen LogP contribution in [0.1, 0.15) is 509 Å². The van der Waals surface area contributed by atoms with Gasteiger partial charge in [-0.05, 0) is 49.9 Å². The van der Waals surface area contributed by atoms with E-state index >= 15 is 0 Å². The highest BCUT2D eigenvalue weighted by molar-refractivity contribution is 5.80. The van der Waals surface area contributed by atoms with Gasteiger partial charge in [0.1, 0.15) is 5.78 Å². The molecule has 542 valence electrons. The van der Waals surface area contributed by atoms with Crippen LogP contribution in [0.4, 0.5) is 0 Å². The van der Waals surface area contributed by atoms with Crippen LogP contribution in [0.3, 0.4) is 0 Å². The topological polar surface area (TPSA) is 74.6 Å². The number of hydrogen-bond acceptors (Lipinski definition) is 3. The Kier molecular flexibility index (Phi) is 69.6. The number of aliphatic carboxylic acids is 1. The van der Waals surface area contributed by atoms with E-state index in [1.165, 1.54) is 424 Å². The number of aliphatic hydroxyl groups excluding tert-OH is 1. The quantitative estimate of drug-likeness (QED) is 0.0595. The number of unbranched alkanes of at least 4 members (excludes halogenated alkanes) is 64. The minimum absolute atomic E-state index is 0.281. The van der Waals surface area contributed by atoms with Crippen molar-refractivity contribution >= 4 is 11.8 Å². The molecule has 0 radical (unpaired) electrons. The average molecular weight is 1280 g/mol. The Labute approximate surface area is 573 Å². The van der Waals surface area contributed by atoms with E-state index in [0.29, 0.717) is 18.6 Å². The fourth-order valence-corrected chi connectivity index (χ4v) is 15.7. The average Bonchev–Trinajstić information content (AvgIpc) is 2.01. The predicted octanol–water partition coefficient (Wildman–Crippen LogP) is 30.4. The molecule has 1 rings (SSSR count). The fourth-order valence-electron chi connectivity index (χ4n) is 15.7. The number of rotatable bonds is 80. The molecule has 0 aromatic carbocycles. The summed E-state index contributed by atoms with van der Waals surface area (Å²) in [6.07, 6.45) is 101. The Hall–Kier alpha value is -0.900. The zero-order valence-corrected chi connectivity index (χ0v) is 63.2. The summed E-state index contributed by atoms with van der Waals surface area (Å²) >= 11 is 0. The van der Waals surface area contributed by atoms with E-state index in [1.807, 2.05) is 0 Å². The monoisotopic (exact) mass is 1280 g/mol. The molecule has 0 amide bonds. The third-order valence-electron chi connectivity index (χ3n) is 22.6. The first kappa shape index (κ1) is 88.1. The van der Waals surface area contributed by atoms with E-state index in [9.17, 15) is 19.8 Å². The fraction of sp³-hybridized carbons (Fsp3) is 0.977. The standard InChI is InChI=1S/C87H170O4/c1-5-7-9-11-13-15-17-19-21-23-24-25-26-27-28-33-40-46-52-58-64-70-76-83(87(90)91)86(89)78-72-66-60-54-48-42-36-35-39-45-51-57-63-69-75-82-79-84(82)80(3)73-67-61-55-49-43-37-32-29-30-34-41-47-53-59-65-71-77-85(88)81(4)74-68-62-56-50-44-38-31-22-20-18-16-14-12-10-8-6-2/h80-84,86,89H,5-79H2,1-4H3,(H,90,91)/t80-,81-,82-,83+,84+,86+/m0/s1. The van der Waals surface area contributed by atoms with Crippen molar-refractivity contribution < 1.29 is 19.8 Å². The summed E-state index contributed by atoms with van der Waals surface area (Å²) in [4.78, 5) is 24.7. The summed E-state index contributed by atoms with van der Waals surface area (Å²) in [5.74, 6) is 2.49. The number of Topliss-reactive ketones (excluding diaryl/α,β-unsaturated/α-hetero) is 1. The van der Waals surface area contributed by atoms with E-state index < -0.39 is 18.0 Å². The molecule has 0 unspecified atom stereocenters. The van der Waals surface area contributed by atoms with Crippen LogP contribution >= 0.6 is 0 Å². The number of aliphatic hydroxyl groups is 1. The van der Waals surface area contributed by atoms with Gasteiger partial charge in [0, 0.05) is 12.3 Å². The summed E-state index contributed by atoms with van der Waals surface area (Å²) in [6.45, 7) is 9.36. The third kappa shape index (κ3) is 63.6. The van der Waals surface area contributed by atoms with Crippen LogP contribution in [0.5, 0.6) is 0 Å². The number of carboxylic acids is 1. The number of carbonyl (C=O) groups excluding carboxylic acids is 1. The highest BCUT2D eigenvalue weighted by atomic mass is 16.4. The zero-order valence-electron chi connectivity index (χ0n) is 63.2. The van der Waals surface area contributed by atoms with Crippen LogP contribution in [0.25, 0.3) is 0 Å². The van der Waals surface area contributed by atoms with Crippen molar-refractivity contribution in [2.45, 2.75) is 515 Å². The van der Waals surface area contributed by atoms with Crippen LogP contribution in [0.15, 0.2) is 0 Å². The van der Waals surface area contributed by atoms with Gasteiger partial charge in [-0.3, -0.25) is 9.59 Å². The van der Waals surface area contributed by atoms with Gasteiger partial charge in [-0.15, -0.1) is 0 Å². The highest BCUT2D eigenvalue weighted by Crippen LogP contribution is 2.49. The number of hydrogen-bond donors (Lipinski definition) is 2. The molecule has 91 heavy (non-hydrogen) atoms. The lowest BCUT2D eigenvalue weighted by Gasteiger charge is -2.19. The smallest absolute Gasteiger partial charge is 0.309 e. The van der Waals surface area contributed by atoms with Gasteiger partial charge in [0.2, 0.25) is 0 Å². The summed E-state index contributed by atoms with van der Waals surface area (Å²) in [5, 5.41) is 20.6. The molecular formula is C87H170O4. The van der Waals surface area contributed by atoms with Crippen molar-refractivity contribution in [1.82, 2.24) is 0 Å². The lowest BCUT2D eigenvalue weighted by molar-refractivity contribution is -0.146. The predicted molar refractivity (Wildman–Crippen MR) is 405 cm³/mol. The van der Waals surface area contributed by atoms with Crippen molar-refractivity contribution in [3.63, 3.8) is 0 Å². The van der Waals surface area contributed by atoms with E-state index in [4.69, 9.17) is 0 Å². The molecule has 0 heterocycles. The van der Waals surface area contributed by atoms with Crippen LogP contribution in [0, 0.1) is 29.6 Å². The van der Waals surface area contributed by atoms with Crippen LogP contribution in [-0.2, 0) is 9.59 Å². The molecule has 0 aromatic rings. The molecule has 2 N–H and O–H groups in total. The molecule has 0 saturated heterocycles. The second-order valence-corrected chi connectivity index (χ2v) is 31.5. The Balaban J connectivity index is 1.77. The minimum atomic E-state index is -0.800. The first-order chi connectivity index (χ1) is 44.8. The molecule has 0 aliphatic heterocycles. The summed E-state index contributed by atoms with van der Waals surface area (Å²) in [7, 11) is 0. The maximum Gasteiger partial charge on any atom is 0.309 e. The molecule has 4 heteroatoms. The third-order valence-corrected chi connectivity index (χ3v) is 22.6. The SMILES string of the molecule is CCCCCCCCCCCCCCCCCCCCCCCC[C@@H](C(=O)O)[C@H](O)CCCCCCCCCCCCCCCC[C@H]1C[C@@H]1[C@@H](C)CCCCCCCCCCCCCCCCCCC(=O)[C@@H](C)CCCCCCCCCCCCCCCCCC. The molecule has 0 bridgehead atoms.